The Labute approximate surface area is 91.9 Å². The van der Waals surface area contributed by atoms with E-state index in [0.29, 0.717) is 25.0 Å². The summed E-state index contributed by atoms with van der Waals surface area (Å²) >= 11 is 0. The minimum Gasteiger partial charge on any atom is -0.391 e. The number of hydrogen-bond donors (Lipinski definition) is 2. The first-order valence-electron chi connectivity index (χ1n) is 5.05. The fourth-order valence-corrected chi connectivity index (χ4v) is 1.48. The maximum absolute atomic E-state index is 13.3. The van der Waals surface area contributed by atoms with Crippen LogP contribution in [0.5, 0.6) is 0 Å². The average molecular weight is 233 g/mol. The molecule has 2 nitrogen and oxygen atoms in total. The van der Waals surface area contributed by atoms with Crippen molar-refractivity contribution in [2.45, 2.75) is 31.9 Å². The predicted octanol–water partition coefficient (Wildman–Crippen LogP) is 2.26. The van der Waals surface area contributed by atoms with Crippen LogP contribution in [0.15, 0.2) is 12.1 Å². The van der Waals surface area contributed by atoms with Crippen molar-refractivity contribution in [3.05, 3.63) is 35.1 Å². The summed E-state index contributed by atoms with van der Waals surface area (Å²) in [6.07, 6.45) is 0.0732. The van der Waals surface area contributed by atoms with Crippen molar-refractivity contribution < 1.29 is 18.3 Å². The van der Waals surface area contributed by atoms with Gasteiger partial charge in [-0.1, -0.05) is 13.3 Å². The summed E-state index contributed by atoms with van der Waals surface area (Å²) in [6.45, 7) is 1.83. The quantitative estimate of drug-likeness (QED) is 0.783. The van der Waals surface area contributed by atoms with E-state index in [1.807, 2.05) is 6.92 Å². The lowest BCUT2D eigenvalue weighted by molar-refractivity contribution is 0.132. The molecule has 0 aliphatic heterocycles. The first-order chi connectivity index (χ1) is 7.47. The Bertz CT molecular complexity index is 370. The summed E-state index contributed by atoms with van der Waals surface area (Å²) < 4.78 is 38.8. The van der Waals surface area contributed by atoms with Crippen molar-refractivity contribution in [3.8, 4) is 0 Å². The molecule has 5 heteroatoms. The zero-order valence-electron chi connectivity index (χ0n) is 8.88. The largest absolute Gasteiger partial charge is 0.391 e. The van der Waals surface area contributed by atoms with Crippen LogP contribution < -0.4 is 5.73 Å². The van der Waals surface area contributed by atoms with Crippen LogP contribution in [0.1, 0.15) is 31.4 Å². The molecule has 0 unspecified atom stereocenters. The summed E-state index contributed by atoms with van der Waals surface area (Å²) in [5, 5.41) is 9.55. The summed E-state index contributed by atoms with van der Waals surface area (Å²) in [5.74, 6) is -3.38. The molecule has 0 spiro atoms. The average Bonchev–Trinajstić information content (AvgIpc) is 2.23. The Morgan fingerprint density at radius 3 is 2.31 bits per heavy atom. The molecule has 0 saturated carbocycles. The van der Waals surface area contributed by atoms with E-state index in [2.05, 4.69) is 0 Å². The van der Waals surface area contributed by atoms with Crippen LogP contribution in [0, 0.1) is 17.5 Å². The van der Waals surface area contributed by atoms with E-state index >= 15 is 0 Å². The molecule has 0 saturated heterocycles. The van der Waals surface area contributed by atoms with Gasteiger partial charge in [-0.05, 0) is 12.5 Å². The maximum Gasteiger partial charge on any atom is 0.161 e. The van der Waals surface area contributed by atoms with E-state index in [-0.39, 0.29) is 5.56 Å². The van der Waals surface area contributed by atoms with E-state index in [1.54, 1.807) is 0 Å². The molecule has 1 aromatic carbocycles. The van der Waals surface area contributed by atoms with Gasteiger partial charge in [0.25, 0.3) is 0 Å². The topological polar surface area (TPSA) is 46.2 Å². The number of rotatable bonds is 4. The second kappa shape index (κ2) is 5.32. The van der Waals surface area contributed by atoms with Crippen LogP contribution in [0.3, 0.4) is 0 Å². The highest BCUT2D eigenvalue weighted by Crippen LogP contribution is 2.22. The molecule has 3 N–H and O–H groups in total. The van der Waals surface area contributed by atoms with Crippen molar-refractivity contribution in [2.24, 2.45) is 5.73 Å². The molecule has 16 heavy (non-hydrogen) atoms. The molecule has 0 fully saturated rings. The second-order valence-electron chi connectivity index (χ2n) is 3.67. The van der Waals surface area contributed by atoms with Crippen molar-refractivity contribution in [1.29, 1.82) is 0 Å². The highest BCUT2D eigenvalue weighted by molar-refractivity contribution is 5.24. The fourth-order valence-electron chi connectivity index (χ4n) is 1.48. The van der Waals surface area contributed by atoms with Crippen LogP contribution in [0.25, 0.3) is 0 Å². The monoisotopic (exact) mass is 233 g/mol. The lowest BCUT2D eigenvalue weighted by atomic mass is 9.98. The highest BCUT2D eigenvalue weighted by Gasteiger charge is 2.21. The van der Waals surface area contributed by atoms with Crippen LogP contribution in [0.4, 0.5) is 13.2 Å². The molecule has 0 aromatic heterocycles. The summed E-state index contributed by atoms with van der Waals surface area (Å²) in [7, 11) is 0. The summed E-state index contributed by atoms with van der Waals surface area (Å²) in [4.78, 5) is 0. The normalized spacial score (nSPS) is 14.9. The van der Waals surface area contributed by atoms with E-state index in [9.17, 15) is 18.3 Å². The lowest BCUT2D eigenvalue weighted by Gasteiger charge is -2.19. The van der Waals surface area contributed by atoms with E-state index in [1.165, 1.54) is 0 Å². The van der Waals surface area contributed by atoms with Gasteiger partial charge in [0, 0.05) is 11.6 Å². The van der Waals surface area contributed by atoms with E-state index in [4.69, 9.17) is 5.73 Å². The molecular formula is C11H14F3NO. The summed E-state index contributed by atoms with van der Waals surface area (Å²) in [6, 6.07) is 0.0762. The summed E-state index contributed by atoms with van der Waals surface area (Å²) in [5.41, 5.74) is 5.36. The zero-order valence-corrected chi connectivity index (χ0v) is 8.88. The van der Waals surface area contributed by atoms with Crippen LogP contribution in [0.2, 0.25) is 0 Å². The van der Waals surface area contributed by atoms with Crippen molar-refractivity contribution in [2.75, 3.05) is 0 Å². The third-order valence-electron chi connectivity index (χ3n) is 2.40. The molecule has 0 amide bonds. The number of aliphatic hydroxyl groups is 1. The minimum atomic E-state index is -1.27. The number of hydrogen-bond acceptors (Lipinski definition) is 2. The van der Waals surface area contributed by atoms with E-state index in [0.717, 1.165) is 0 Å². The number of benzene rings is 1. The molecule has 0 bridgehead atoms. The van der Waals surface area contributed by atoms with Gasteiger partial charge >= 0.3 is 0 Å². The zero-order chi connectivity index (χ0) is 12.3. The first-order valence-corrected chi connectivity index (χ1v) is 5.05. The highest BCUT2D eigenvalue weighted by atomic mass is 19.2. The molecular weight excluding hydrogens is 219 g/mol. The van der Waals surface area contributed by atoms with Crippen molar-refractivity contribution in [1.82, 2.24) is 0 Å². The number of aliphatic hydroxyl groups excluding tert-OH is 1. The Hall–Kier alpha value is -1.07. The molecule has 0 aliphatic rings. The lowest BCUT2D eigenvalue weighted by Crippen LogP contribution is -2.27. The molecule has 1 aromatic rings. The van der Waals surface area contributed by atoms with Crippen LogP contribution in [-0.4, -0.2) is 11.2 Å². The van der Waals surface area contributed by atoms with E-state index < -0.39 is 29.6 Å². The van der Waals surface area contributed by atoms with Gasteiger partial charge in [-0.3, -0.25) is 0 Å². The Morgan fingerprint density at radius 2 is 1.75 bits per heavy atom. The molecule has 0 aliphatic carbocycles. The molecule has 90 valence electrons. The first kappa shape index (κ1) is 13.0. The van der Waals surface area contributed by atoms with Gasteiger partial charge in [0.1, 0.15) is 5.82 Å². The SMILES string of the molecule is CCC[C@@H](O)[C@@H](N)c1cc(F)c(F)cc1F. The standard InChI is InChI=1S/C11H14F3NO/c1-2-3-10(16)11(15)6-4-8(13)9(14)5-7(6)12/h4-5,10-11,16H,2-3,15H2,1H3/t10-,11+/m1/s1. The number of nitrogens with two attached hydrogens (primary N) is 1. The van der Waals surface area contributed by atoms with Gasteiger partial charge in [0.15, 0.2) is 11.6 Å². The van der Waals surface area contributed by atoms with Gasteiger partial charge in [0.05, 0.1) is 12.1 Å². The van der Waals surface area contributed by atoms with Crippen molar-refractivity contribution in [3.63, 3.8) is 0 Å². The number of halogens is 3. The Kier molecular flexibility index (Phi) is 4.32. The molecule has 2 atom stereocenters. The fraction of sp³-hybridized carbons (Fsp3) is 0.455. The molecule has 0 heterocycles. The Morgan fingerprint density at radius 1 is 1.19 bits per heavy atom. The van der Waals surface area contributed by atoms with Gasteiger partial charge < -0.3 is 10.8 Å². The van der Waals surface area contributed by atoms with Gasteiger partial charge in [-0.25, -0.2) is 13.2 Å². The van der Waals surface area contributed by atoms with Gasteiger partial charge in [0.2, 0.25) is 0 Å². The predicted molar refractivity (Wildman–Crippen MR) is 54.2 cm³/mol. The third-order valence-corrected chi connectivity index (χ3v) is 2.40. The minimum absolute atomic E-state index is 0.208. The molecule has 0 radical (unpaired) electrons. The third kappa shape index (κ3) is 2.74. The second-order valence-corrected chi connectivity index (χ2v) is 3.67. The van der Waals surface area contributed by atoms with Crippen LogP contribution in [-0.2, 0) is 0 Å². The van der Waals surface area contributed by atoms with Gasteiger partial charge in [-0.15, -0.1) is 0 Å². The maximum atomic E-state index is 13.3. The smallest absolute Gasteiger partial charge is 0.161 e. The van der Waals surface area contributed by atoms with Gasteiger partial charge in [-0.2, -0.15) is 0 Å². The van der Waals surface area contributed by atoms with Crippen LogP contribution >= 0.6 is 0 Å². The Balaban J connectivity index is 2.99. The van der Waals surface area contributed by atoms with Crippen molar-refractivity contribution >= 4 is 0 Å². The molecule has 1 rings (SSSR count).